The maximum atomic E-state index is 10.8. The minimum Gasteiger partial charge on any atom is -0.388 e. The fourth-order valence-corrected chi connectivity index (χ4v) is 0.872. The molecule has 0 saturated heterocycles. The molecule has 0 aliphatic heterocycles. The predicted molar refractivity (Wildman–Crippen MR) is 68.7 cm³/mol. The van der Waals surface area contributed by atoms with Gasteiger partial charge in [0.25, 0.3) is 0 Å². The van der Waals surface area contributed by atoms with Crippen LogP contribution >= 0.6 is 0 Å². The van der Waals surface area contributed by atoms with Gasteiger partial charge in [0.2, 0.25) is 0 Å². The Kier molecular flexibility index (Phi) is 11.6. The Morgan fingerprint density at radius 1 is 1.00 bits per heavy atom. The van der Waals surface area contributed by atoms with Gasteiger partial charge >= 0.3 is 0 Å². The first-order chi connectivity index (χ1) is 7.24. The normalized spacial score (nSPS) is 7.60. The summed E-state index contributed by atoms with van der Waals surface area (Å²) >= 11 is 0. The summed E-state index contributed by atoms with van der Waals surface area (Å²) in [6.45, 7) is 9.56. The molecule has 1 rings (SSSR count). The van der Waals surface area contributed by atoms with Crippen molar-refractivity contribution in [2.24, 2.45) is 0 Å². The molecular formula is C13H23NO. The van der Waals surface area contributed by atoms with E-state index in [1.54, 1.807) is 6.92 Å². The van der Waals surface area contributed by atoms with E-state index >= 15 is 0 Å². The molecule has 0 aliphatic rings. The molecule has 15 heavy (non-hydrogen) atoms. The van der Waals surface area contributed by atoms with Crippen molar-refractivity contribution in [1.29, 1.82) is 0 Å². The number of rotatable bonds is 2. The summed E-state index contributed by atoms with van der Waals surface area (Å²) in [6, 6.07) is 7.40. The molecule has 0 aliphatic carbocycles. The van der Waals surface area contributed by atoms with Crippen molar-refractivity contribution in [2.75, 3.05) is 12.4 Å². The standard InChI is InChI=1S/C9H11NO.2C2H6/c1-7(11)8-3-5-9(10-2)6-4-8;2*1-2/h3-6,10H,1-2H3;2*1-2H3. The number of ketones is 1. The van der Waals surface area contributed by atoms with Gasteiger partial charge in [-0.25, -0.2) is 0 Å². The number of carbonyl (C=O) groups excluding carboxylic acids is 1. The Bertz CT molecular complexity index is 252. The molecule has 0 atom stereocenters. The molecular weight excluding hydrogens is 186 g/mol. The Hall–Kier alpha value is -1.31. The highest BCUT2D eigenvalue weighted by molar-refractivity contribution is 5.94. The van der Waals surface area contributed by atoms with Crippen LogP contribution in [0, 0.1) is 0 Å². The maximum Gasteiger partial charge on any atom is 0.159 e. The largest absolute Gasteiger partial charge is 0.388 e. The van der Waals surface area contributed by atoms with Crippen molar-refractivity contribution in [2.45, 2.75) is 34.6 Å². The molecule has 1 aromatic carbocycles. The van der Waals surface area contributed by atoms with Crippen molar-refractivity contribution < 1.29 is 4.79 Å². The highest BCUT2D eigenvalue weighted by Crippen LogP contribution is 2.08. The van der Waals surface area contributed by atoms with Crippen molar-refractivity contribution >= 4 is 11.5 Å². The molecule has 0 saturated carbocycles. The van der Waals surface area contributed by atoms with E-state index in [0.717, 1.165) is 11.3 Å². The van der Waals surface area contributed by atoms with Crippen LogP contribution in [0.1, 0.15) is 45.0 Å². The second-order valence-electron chi connectivity index (χ2n) is 2.38. The third-order valence-corrected chi connectivity index (χ3v) is 1.58. The van der Waals surface area contributed by atoms with Crippen molar-refractivity contribution in [3.63, 3.8) is 0 Å². The van der Waals surface area contributed by atoms with Gasteiger partial charge in [-0.1, -0.05) is 27.7 Å². The van der Waals surface area contributed by atoms with Crippen molar-refractivity contribution in [3.05, 3.63) is 29.8 Å². The predicted octanol–water partition coefficient (Wildman–Crippen LogP) is 3.98. The van der Waals surface area contributed by atoms with E-state index in [0.29, 0.717) is 0 Å². The number of hydrogen-bond donors (Lipinski definition) is 1. The molecule has 0 fully saturated rings. The summed E-state index contributed by atoms with van der Waals surface area (Å²) in [5.41, 5.74) is 1.78. The van der Waals surface area contributed by atoms with E-state index in [1.165, 1.54) is 0 Å². The summed E-state index contributed by atoms with van der Waals surface area (Å²) < 4.78 is 0. The molecule has 0 heterocycles. The first-order valence-electron chi connectivity index (χ1n) is 5.53. The van der Waals surface area contributed by atoms with Crippen LogP contribution in [0.25, 0.3) is 0 Å². The first kappa shape index (κ1) is 16.1. The summed E-state index contributed by atoms with van der Waals surface area (Å²) in [7, 11) is 1.85. The van der Waals surface area contributed by atoms with Crippen molar-refractivity contribution in [3.8, 4) is 0 Å². The Morgan fingerprint density at radius 3 is 1.67 bits per heavy atom. The number of hydrogen-bond acceptors (Lipinski definition) is 2. The zero-order valence-electron chi connectivity index (χ0n) is 10.7. The van der Waals surface area contributed by atoms with Crippen LogP contribution in [0.3, 0.4) is 0 Å². The second-order valence-corrected chi connectivity index (χ2v) is 2.38. The molecule has 2 heteroatoms. The molecule has 0 amide bonds. The molecule has 1 aromatic rings. The number of nitrogens with one attached hydrogen (secondary N) is 1. The van der Waals surface area contributed by atoms with Gasteiger partial charge in [-0.2, -0.15) is 0 Å². The third-order valence-electron chi connectivity index (χ3n) is 1.58. The van der Waals surface area contributed by atoms with Crippen LogP contribution in [0.5, 0.6) is 0 Å². The minimum absolute atomic E-state index is 0.104. The van der Waals surface area contributed by atoms with Gasteiger partial charge in [0.1, 0.15) is 0 Å². The molecule has 2 nitrogen and oxygen atoms in total. The van der Waals surface area contributed by atoms with Gasteiger partial charge in [-0.3, -0.25) is 4.79 Å². The highest BCUT2D eigenvalue weighted by Gasteiger charge is 1.96. The molecule has 0 unspecified atom stereocenters. The maximum absolute atomic E-state index is 10.8. The summed E-state index contributed by atoms with van der Waals surface area (Å²) in [5, 5.41) is 2.98. The van der Waals surface area contributed by atoms with Gasteiger partial charge in [0.05, 0.1) is 0 Å². The Labute approximate surface area is 93.7 Å². The smallest absolute Gasteiger partial charge is 0.159 e. The molecule has 0 spiro atoms. The molecule has 86 valence electrons. The van der Waals surface area contributed by atoms with Crippen LogP contribution < -0.4 is 5.32 Å². The van der Waals surface area contributed by atoms with Gasteiger partial charge in [0.15, 0.2) is 5.78 Å². The summed E-state index contributed by atoms with van der Waals surface area (Å²) in [4.78, 5) is 10.8. The zero-order valence-corrected chi connectivity index (χ0v) is 10.7. The van der Waals surface area contributed by atoms with Gasteiger partial charge in [-0.15, -0.1) is 0 Å². The summed E-state index contributed by atoms with van der Waals surface area (Å²) in [5.74, 6) is 0.104. The van der Waals surface area contributed by atoms with E-state index in [4.69, 9.17) is 0 Å². The minimum atomic E-state index is 0.104. The molecule has 0 bridgehead atoms. The first-order valence-corrected chi connectivity index (χ1v) is 5.53. The van der Waals surface area contributed by atoms with Gasteiger partial charge in [-0.05, 0) is 31.2 Å². The number of carbonyl (C=O) groups is 1. The fraction of sp³-hybridized carbons (Fsp3) is 0.462. The second kappa shape index (κ2) is 10.8. The van der Waals surface area contributed by atoms with E-state index in [2.05, 4.69) is 5.32 Å². The number of anilines is 1. The quantitative estimate of drug-likeness (QED) is 0.746. The van der Waals surface area contributed by atoms with E-state index in [-0.39, 0.29) is 5.78 Å². The SMILES string of the molecule is CC.CC.CNc1ccc(C(C)=O)cc1. The van der Waals surface area contributed by atoms with Crippen LogP contribution in [-0.4, -0.2) is 12.8 Å². The van der Waals surface area contributed by atoms with Crippen molar-refractivity contribution in [1.82, 2.24) is 0 Å². The van der Waals surface area contributed by atoms with E-state index < -0.39 is 0 Å². The number of Topliss-reactive ketones (excluding diaryl/α,β-unsaturated/α-hetero) is 1. The lowest BCUT2D eigenvalue weighted by Gasteiger charge is -1.99. The lowest BCUT2D eigenvalue weighted by atomic mass is 10.1. The average molecular weight is 209 g/mol. The highest BCUT2D eigenvalue weighted by atomic mass is 16.1. The van der Waals surface area contributed by atoms with Crippen LogP contribution in [0.15, 0.2) is 24.3 Å². The molecule has 0 radical (unpaired) electrons. The average Bonchev–Trinajstić information content (AvgIpc) is 2.34. The molecule has 1 N–H and O–H groups in total. The van der Waals surface area contributed by atoms with Gasteiger partial charge in [0, 0.05) is 18.3 Å². The van der Waals surface area contributed by atoms with Crippen LogP contribution in [0.2, 0.25) is 0 Å². The Morgan fingerprint density at radius 2 is 1.40 bits per heavy atom. The summed E-state index contributed by atoms with van der Waals surface area (Å²) in [6.07, 6.45) is 0. The fourth-order valence-electron chi connectivity index (χ4n) is 0.872. The van der Waals surface area contributed by atoms with Crippen LogP contribution in [-0.2, 0) is 0 Å². The molecule has 0 aromatic heterocycles. The monoisotopic (exact) mass is 209 g/mol. The lowest BCUT2D eigenvalue weighted by Crippen LogP contribution is -1.92. The van der Waals surface area contributed by atoms with Gasteiger partial charge < -0.3 is 5.32 Å². The van der Waals surface area contributed by atoms with E-state index in [1.807, 2.05) is 59.0 Å². The van der Waals surface area contributed by atoms with Crippen LogP contribution in [0.4, 0.5) is 5.69 Å². The van der Waals surface area contributed by atoms with E-state index in [9.17, 15) is 4.79 Å². The third kappa shape index (κ3) is 6.72. The zero-order chi connectivity index (χ0) is 12.3. The lowest BCUT2D eigenvalue weighted by molar-refractivity contribution is 0.101. The topological polar surface area (TPSA) is 29.1 Å². The Balaban J connectivity index is 0. The number of benzene rings is 1.